The van der Waals surface area contributed by atoms with Gasteiger partial charge in [-0.2, -0.15) is 0 Å². The number of aromatic nitrogens is 1. The average molecular weight is 276 g/mol. The van der Waals surface area contributed by atoms with Gasteiger partial charge >= 0.3 is 0 Å². The van der Waals surface area contributed by atoms with Crippen LogP contribution in [0.2, 0.25) is 0 Å². The Morgan fingerprint density at radius 1 is 1.40 bits per heavy atom. The van der Waals surface area contributed by atoms with Gasteiger partial charge in [-0.05, 0) is 36.6 Å². The fourth-order valence-electron chi connectivity index (χ4n) is 2.79. The van der Waals surface area contributed by atoms with Crippen LogP contribution < -0.4 is 11.1 Å². The van der Waals surface area contributed by atoms with E-state index in [1.807, 2.05) is 12.1 Å². The van der Waals surface area contributed by atoms with Gasteiger partial charge in [-0.25, -0.2) is 0 Å². The van der Waals surface area contributed by atoms with Gasteiger partial charge < -0.3 is 16.3 Å². The maximum atomic E-state index is 8.64. The zero-order chi connectivity index (χ0) is 14.2. The van der Waals surface area contributed by atoms with Crippen molar-refractivity contribution in [1.29, 1.82) is 0 Å². The molecule has 0 unspecified atom stereocenters. The monoisotopic (exact) mass is 276 g/mol. The third-order valence-electron chi connectivity index (χ3n) is 3.98. The number of hydrogen-bond donors (Lipinski definition) is 3. The minimum absolute atomic E-state index is 0.0501. The van der Waals surface area contributed by atoms with Gasteiger partial charge in [-0.15, -0.1) is 0 Å². The van der Waals surface area contributed by atoms with E-state index in [-0.39, 0.29) is 5.84 Å². The number of nitrogens with one attached hydrogen (secondary N) is 1. The minimum atomic E-state index is 0.0501. The summed E-state index contributed by atoms with van der Waals surface area (Å²) in [5.74, 6) is 0.954. The van der Waals surface area contributed by atoms with Gasteiger partial charge in [0.25, 0.3) is 0 Å². The topological polar surface area (TPSA) is 83.5 Å². The molecular formula is C15H24N4O. The summed E-state index contributed by atoms with van der Waals surface area (Å²) in [6.45, 7) is 1.84. The van der Waals surface area contributed by atoms with Gasteiger partial charge in [0.15, 0.2) is 5.84 Å². The molecule has 110 valence electrons. The van der Waals surface area contributed by atoms with Crippen LogP contribution >= 0.6 is 0 Å². The zero-order valence-corrected chi connectivity index (χ0v) is 11.9. The molecule has 1 heterocycles. The van der Waals surface area contributed by atoms with Crippen LogP contribution in [0.3, 0.4) is 0 Å². The fourth-order valence-corrected chi connectivity index (χ4v) is 2.79. The molecule has 0 aromatic carbocycles. The third-order valence-corrected chi connectivity index (χ3v) is 3.98. The van der Waals surface area contributed by atoms with Crippen LogP contribution in [-0.4, -0.2) is 22.6 Å². The number of nitrogens with zero attached hydrogens (tertiary/aromatic N) is 2. The molecule has 5 nitrogen and oxygen atoms in total. The number of nitrogens with two attached hydrogens (primary N) is 1. The molecule has 0 bridgehead atoms. The second kappa shape index (κ2) is 7.85. The van der Waals surface area contributed by atoms with Crippen molar-refractivity contribution < 1.29 is 5.21 Å². The molecule has 0 aliphatic heterocycles. The van der Waals surface area contributed by atoms with E-state index in [1.54, 1.807) is 6.20 Å². The van der Waals surface area contributed by atoms with Crippen LogP contribution in [-0.2, 0) is 6.54 Å². The second-order valence-corrected chi connectivity index (χ2v) is 5.50. The quantitative estimate of drug-likeness (QED) is 0.245. The Hall–Kier alpha value is -1.62. The van der Waals surface area contributed by atoms with Crippen LogP contribution in [0.5, 0.6) is 0 Å². The predicted molar refractivity (Wildman–Crippen MR) is 79.6 cm³/mol. The number of amidine groups is 1. The Balaban J connectivity index is 1.73. The Labute approximate surface area is 120 Å². The van der Waals surface area contributed by atoms with Gasteiger partial charge in [-0.3, -0.25) is 4.98 Å². The lowest BCUT2D eigenvalue weighted by molar-refractivity contribution is 0.318. The van der Waals surface area contributed by atoms with Crippen LogP contribution in [0, 0.1) is 5.92 Å². The van der Waals surface area contributed by atoms with Crippen molar-refractivity contribution >= 4 is 5.84 Å². The van der Waals surface area contributed by atoms with E-state index in [0.29, 0.717) is 5.69 Å². The molecule has 0 radical (unpaired) electrons. The average Bonchev–Trinajstić information content (AvgIpc) is 2.52. The van der Waals surface area contributed by atoms with Crippen molar-refractivity contribution in [3.63, 3.8) is 0 Å². The minimum Gasteiger partial charge on any atom is -0.409 e. The lowest BCUT2D eigenvalue weighted by atomic mass is 9.87. The third kappa shape index (κ3) is 4.49. The summed E-state index contributed by atoms with van der Waals surface area (Å²) in [5, 5.41) is 15.1. The molecule has 2 rings (SSSR count). The molecule has 4 N–H and O–H groups in total. The first kappa shape index (κ1) is 14.8. The summed E-state index contributed by atoms with van der Waals surface area (Å²) in [6, 6.07) is 3.80. The van der Waals surface area contributed by atoms with E-state index in [2.05, 4.69) is 15.5 Å². The molecule has 1 aliphatic carbocycles. The first-order chi connectivity index (χ1) is 9.79. The first-order valence-electron chi connectivity index (χ1n) is 7.43. The number of rotatable bonds is 6. The van der Waals surface area contributed by atoms with Crippen molar-refractivity contribution in [2.24, 2.45) is 16.8 Å². The van der Waals surface area contributed by atoms with E-state index >= 15 is 0 Å². The Morgan fingerprint density at radius 2 is 2.20 bits per heavy atom. The Morgan fingerprint density at radius 3 is 2.95 bits per heavy atom. The van der Waals surface area contributed by atoms with Gasteiger partial charge in [0.05, 0.1) is 0 Å². The first-order valence-corrected chi connectivity index (χ1v) is 7.43. The molecule has 1 aliphatic rings. The smallest absolute Gasteiger partial charge is 0.188 e. The van der Waals surface area contributed by atoms with E-state index in [0.717, 1.165) is 24.6 Å². The molecule has 1 aromatic rings. The molecule has 1 aromatic heterocycles. The van der Waals surface area contributed by atoms with E-state index in [4.69, 9.17) is 10.9 Å². The van der Waals surface area contributed by atoms with Crippen molar-refractivity contribution in [2.45, 2.75) is 45.1 Å². The lowest BCUT2D eigenvalue weighted by Crippen LogP contribution is -2.20. The van der Waals surface area contributed by atoms with Crippen molar-refractivity contribution in [3.05, 3.63) is 29.6 Å². The highest BCUT2D eigenvalue weighted by Gasteiger charge is 2.12. The normalized spacial score (nSPS) is 17.3. The highest BCUT2D eigenvalue weighted by Crippen LogP contribution is 2.25. The van der Waals surface area contributed by atoms with E-state index in [1.165, 1.54) is 38.5 Å². The molecule has 1 saturated carbocycles. The summed E-state index contributed by atoms with van der Waals surface area (Å²) >= 11 is 0. The standard InChI is InChI=1S/C15H24N4O/c16-15(19-20)14-10-13(7-9-18-14)11-17-8-6-12-4-2-1-3-5-12/h7,9-10,12,17,20H,1-6,8,11H2,(H2,16,19). The van der Waals surface area contributed by atoms with Crippen molar-refractivity contribution in [3.8, 4) is 0 Å². The molecule has 0 spiro atoms. The maximum absolute atomic E-state index is 8.64. The molecule has 0 saturated heterocycles. The summed E-state index contributed by atoms with van der Waals surface area (Å²) in [7, 11) is 0. The number of pyridine rings is 1. The van der Waals surface area contributed by atoms with Crippen LogP contribution in [0.25, 0.3) is 0 Å². The summed E-state index contributed by atoms with van der Waals surface area (Å²) < 4.78 is 0. The predicted octanol–water partition coefficient (Wildman–Crippen LogP) is 2.24. The van der Waals surface area contributed by atoms with Gasteiger partial charge in [-0.1, -0.05) is 37.3 Å². The fraction of sp³-hybridized carbons (Fsp3) is 0.600. The van der Waals surface area contributed by atoms with E-state index < -0.39 is 0 Å². The highest BCUT2D eigenvalue weighted by molar-refractivity contribution is 5.95. The highest BCUT2D eigenvalue weighted by atomic mass is 16.4. The van der Waals surface area contributed by atoms with Gasteiger partial charge in [0.2, 0.25) is 0 Å². The summed E-state index contributed by atoms with van der Waals surface area (Å²) in [5.41, 5.74) is 7.15. The molecule has 5 heteroatoms. The van der Waals surface area contributed by atoms with Crippen molar-refractivity contribution in [1.82, 2.24) is 10.3 Å². The maximum Gasteiger partial charge on any atom is 0.188 e. The SMILES string of the molecule is NC(=NO)c1cc(CNCCC2CCCCC2)ccn1. The van der Waals surface area contributed by atoms with Gasteiger partial charge in [0, 0.05) is 12.7 Å². The molecule has 20 heavy (non-hydrogen) atoms. The van der Waals surface area contributed by atoms with Crippen LogP contribution in [0.15, 0.2) is 23.5 Å². The molecule has 1 fully saturated rings. The molecule has 0 atom stereocenters. The van der Waals surface area contributed by atoms with E-state index in [9.17, 15) is 0 Å². The summed E-state index contributed by atoms with van der Waals surface area (Å²) in [4.78, 5) is 4.07. The van der Waals surface area contributed by atoms with Crippen molar-refractivity contribution in [2.75, 3.05) is 6.54 Å². The summed E-state index contributed by atoms with van der Waals surface area (Å²) in [6.07, 6.45) is 9.95. The molecular weight excluding hydrogens is 252 g/mol. The van der Waals surface area contributed by atoms with Crippen LogP contribution in [0.4, 0.5) is 0 Å². The zero-order valence-electron chi connectivity index (χ0n) is 11.9. The van der Waals surface area contributed by atoms with Crippen LogP contribution in [0.1, 0.15) is 49.8 Å². The Kier molecular flexibility index (Phi) is 5.80. The largest absolute Gasteiger partial charge is 0.409 e. The lowest BCUT2D eigenvalue weighted by Gasteiger charge is -2.21. The Bertz CT molecular complexity index is 441. The number of hydrogen-bond acceptors (Lipinski definition) is 4. The molecule has 0 amide bonds. The second-order valence-electron chi connectivity index (χ2n) is 5.50. The number of oxime groups is 1. The van der Waals surface area contributed by atoms with Gasteiger partial charge in [0.1, 0.15) is 5.69 Å².